The van der Waals surface area contributed by atoms with E-state index < -0.39 is 0 Å². The molecule has 0 radical (unpaired) electrons. The van der Waals surface area contributed by atoms with Crippen molar-refractivity contribution in [2.75, 3.05) is 4.90 Å². The number of para-hydroxylation sites is 2. The summed E-state index contributed by atoms with van der Waals surface area (Å²) in [6.07, 6.45) is 0. The predicted octanol–water partition coefficient (Wildman–Crippen LogP) is 13.8. The molecular weight excluding hydrogens is 633 g/mol. The summed E-state index contributed by atoms with van der Waals surface area (Å²) < 4.78 is 9.31. The maximum Gasteiger partial charge on any atom is 0.159 e. The Hall–Kier alpha value is -6.84. The lowest BCUT2D eigenvalue weighted by molar-refractivity contribution is 0.666. The highest BCUT2D eigenvalue weighted by Crippen LogP contribution is 2.43. The number of hydrogen-bond donors (Lipinski definition) is 0. The van der Waals surface area contributed by atoms with Crippen LogP contribution >= 0.6 is 0 Å². The molecule has 0 saturated heterocycles. The molecule has 8 aromatic carbocycles. The van der Waals surface area contributed by atoms with Gasteiger partial charge in [0.1, 0.15) is 5.58 Å². The number of furan rings is 1. The van der Waals surface area contributed by atoms with Gasteiger partial charge in [-0.25, -0.2) is 0 Å². The summed E-state index contributed by atoms with van der Waals surface area (Å²) >= 11 is 0. The van der Waals surface area contributed by atoms with E-state index in [-0.39, 0.29) is 0 Å². The molecule has 246 valence electrons. The van der Waals surface area contributed by atoms with Gasteiger partial charge in [0, 0.05) is 44.7 Å². The van der Waals surface area contributed by atoms with Gasteiger partial charge in [-0.1, -0.05) is 127 Å². The van der Waals surface area contributed by atoms with Gasteiger partial charge in [0.2, 0.25) is 0 Å². The van der Waals surface area contributed by atoms with Crippen LogP contribution in [-0.2, 0) is 0 Å². The van der Waals surface area contributed by atoms with Gasteiger partial charge in [-0.3, -0.25) is 0 Å². The van der Waals surface area contributed by atoms with Crippen molar-refractivity contribution in [2.24, 2.45) is 0 Å². The van der Waals surface area contributed by atoms with Crippen molar-refractivity contribution in [1.29, 1.82) is 0 Å². The second-order valence-corrected chi connectivity index (χ2v) is 13.4. The zero-order valence-electron chi connectivity index (χ0n) is 28.7. The van der Waals surface area contributed by atoms with Gasteiger partial charge in [-0.15, -0.1) is 0 Å². The molecule has 0 aliphatic rings. The number of hydrogen-bond acceptors (Lipinski definition) is 2. The number of rotatable bonds is 6. The highest BCUT2D eigenvalue weighted by atomic mass is 16.3. The smallest absolute Gasteiger partial charge is 0.159 e. The largest absolute Gasteiger partial charge is 0.454 e. The Morgan fingerprint density at radius 1 is 0.423 bits per heavy atom. The molecule has 0 bridgehead atoms. The molecule has 10 rings (SSSR count). The van der Waals surface area contributed by atoms with Crippen LogP contribution in [0.15, 0.2) is 192 Å². The predicted molar refractivity (Wildman–Crippen MR) is 218 cm³/mol. The average Bonchev–Trinajstić information content (AvgIpc) is 3.76. The first-order chi connectivity index (χ1) is 25.7. The van der Waals surface area contributed by atoms with Gasteiger partial charge in [0.25, 0.3) is 0 Å². The summed E-state index contributed by atoms with van der Waals surface area (Å²) in [7, 11) is 0. The van der Waals surface area contributed by atoms with Crippen LogP contribution in [0.25, 0.3) is 71.7 Å². The van der Waals surface area contributed by atoms with Gasteiger partial charge in [0.05, 0.1) is 16.7 Å². The molecule has 0 fully saturated rings. The minimum absolute atomic E-state index is 0.857. The van der Waals surface area contributed by atoms with Crippen LogP contribution in [0, 0.1) is 6.92 Å². The third-order valence-corrected chi connectivity index (χ3v) is 10.3. The molecule has 0 N–H and O–H groups in total. The molecular formula is C49H34N2O. The van der Waals surface area contributed by atoms with Crippen LogP contribution in [0.4, 0.5) is 17.1 Å². The van der Waals surface area contributed by atoms with E-state index in [0.29, 0.717) is 0 Å². The highest BCUT2D eigenvalue weighted by molar-refractivity contribution is 6.14. The molecule has 2 heterocycles. The first-order valence-electron chi connectivity index (χ1n) is 17.8. The van der Waals surface area contributed by atoms with Gasteiger partial charge < -0.3 is 13.9 Å². The molecule has 10 aromatic rings. The summed E-state index contributed by atoms with van der Waals surface area (Å²) in [5, 5.41) is 4.72. The van der Waals surface area contributed by atoms with E-state index in [9.17, 15) is 0 Å². The molecule has 0 aliphatic carbocycles. The van der Waals surface area contributed by atoms with Crippen molar-refractivity contribution < 1.29 is 4.42 Å². The lowest BCUT2D eigenvalue weighted by atomic mass is 10.0. The van der Waals surface area contributed by atoms with Crippen molar-refractivity contribution in [2.45, 2.75) is 6.92 Å². The van der Waals surface area contributed by atoms with E-state index >= 15 is 0 Å². The molecule has 0 aliphatic heterocycles. The lowest BCUT2D eigenvalue weighted by Gasteiger charge is -2.26. The maximum atomic E-state index is 6.96. The molecule has 2 aromatic heterocycles. The molecule has 0 atom stereocenters. The number of benzene rings is 8. The van der Waals surface area contributed by atoms with Crippen LogP contribution in [0.3, 0.4) is 0 Å². The van der Waals surface area contributed by atoms with E-state index in [1.54, 1.807) is 0 Å². The highest BCUT2D eigenvalue weighted by Gasteiger charge is 2.21. The monoisotopic (exact) mass is 666 g/mol. The second kappa shape index (κ2) is 12.2. The topological polar surface area (TPSA) is 21.3 Å². The first kappa shape index (κ1) is 30.0. The Morgan fingerprint density at radius 3 is 1.46 bits per heavy atom. The van der Waals surface area contributed by atoms with Gasteiger partial charge in [0.15, 0.2) is 5.58 Å². The van der Waals surface area contributed by atoms with E-state index in [1.807, 2.05) is 0 Å². The summed E-state index contributed by atoms with van der Waals surface area (Å²) in [6.45, 7) is 2.18. The third kappa shape index (κ3) is 4.90. The number of anilines is 3. The van der Waals surface area contributed by atoms with Gasteiger partial charge in [-0.05, 0) is 89.3 Å². The second-order valence-electron chi connectivity index (χ2n) is 13.4. The molecule has 0 unspecified atom stereocenters. The quantitative estimate of drug-likeness (QED) is 0.176. The number of aryl methyl sites for hydroxylation is 1. The minimum Gasteiger partial charge on any atom is -0.454 e. The Balaban J connectivity index is 1.14. The van der Waals surface area contributed by atoms with E-state index in [0.717, 1.165) is 44.7 Å². The normalized spacial score (nSPS) is 11.6. The molecule has 52 heavy (non-hydrogen) atoms. The van der Waals surface area contributed by atoms with Crippen molar-refractivity contribution in [1.82, 2.24) is 4.57 Å². The van der Waals surface area contributed by atoms with E-state index in [4.69, 9.17) is 4.42 Å². The molecule has 0 amide bonds. The Morgan fingerprint density at radius 2 is 0.904 bits per heavy atom. The van der Waals surface area contributed by atoms with E-state index in [1.165, 1.54) is 49.6 Å². The van der Waals surface area contributed by atoms with Gasteiger partial charge >= 0.3 is 0 Å². The fraction of sp³-hybridized carbons (Fsp3) is 0.0204. The summed E-state index contributed by atoms with van der Waals surface area (Å²) in [5.41, 5.74) is 14.3. The van der Waals surface area contributed by atoms with Crippen molar-refractivity contribution >= 4 is 60.8 Å². The zero-order chi connectivity index (χ0) is 34.6. The fourth-order valence-corrected chi connectivity index (χ4v) is 7.83. The first-order valence-corrected chi connectivity index (χ1v) is 17.8. The Kier molecular flexibility index (Phi) is 7.04. The third-order valence-electron chi connectivity index (χ3n) is 10.3. The maximum absolute atomic E-state index is 6.96. The van der Waals surface area contributed by atoms with Crippen LogP contribution in [0.2, 0.25) is 0 Å². The molecule has 3 heteroatoms. The number of fused-ring (bicyclic) bond motifs is 6. The average molecular weight is 667 g/mol. The molecule has 3 nitrogen and oxygen atoms in total. The van der Waals surface area contributed by atoms with E-state index in [2.05, 4.69) is 204 Å². The zero-order valence-corrected chi connectivity index (χ0v) is 28.7. The number of aromatic nitrogens is 1. The van der Waals surface area contributed by atoms with Crippen LogP contribution < -0.4 is 4.90 Å². The standard InChI is InChI=1S/C49H34N2O/c1-33-20-31-46(51-44-18-10-8-16-41(44)42-17-9-11-19-45(42)51)49-48(33)43-30-29-40(32-47(43)52-49)50(38-25-21-36(22-26-38)34-12-4-2-5-13-34)39-27-23-37(24-28-39)35-14-6-3-7-15-35/h2-32H,1H3. The summed E-state index contributed by atoms with van der Waals surface area (Å²) in [4.78, 5) is 2.32. The Bertz CT molecular complexity index is 2750. The van der Waals surface area contributed by atoms with Crippen molar-refractivity contribution in [3.63, 3.8) is 0 Å². The lowest BCUT2D eigenvalue weighted by Crippen LogP contribution is -2.09. The van der Waals surface area contributed by atoms with Crippen LogP contribution in [0.1, 0.15) is 5.56 Å². The molecule has 0 spiro atoms. The minimum atomic E-state index is 0.857. The van der Waals surface area contributed by atoms with Crippen molar-refractivity contribution in [3.05, 3.63) is 194 Å². The van der Waals surface area contributed by atoms with Crippen LogP contribution in [0.5, 0.6) is 0 Å². The fourth-order valence-electron chi connectivity index (χ4n) is 7.83. The summed E-state index contributed by atoms with van der Waals surface area (Å²) in [6, 6.07) is 67.1. The SMILES string of the molecule is Cc1ccc(-n2c3ccccc3c3ccccc32)c2oc3cc(N(c4ccc(-c5ccccc5)cc4)c4ccc(-c5ccccc5)cc4)ccc3c12. The summed E-state index contributed by atoms with van der Waals surface area (Å²) in [5.74, 6) is 0. The van der Waals surface area contributed by atoms with Crippen LogP contribution in [-0.4, -0.2) is 4.57 Å². The molecule has 0 saturated carbocycles. The number of nitrogens with zero attached hydrogens (tertiary/aromatic N) is 2. The van der Waals surface area contributed by atoms with Crippen molar-refractivity contribution in [3.8, 4) is 27.9 Å². The van der Waals surface area contributed by atoms with Gasteiger partial charge in [-0.2, -0.15) is 0 Å². The Labute approximate surface area is 302 Å².